The predicted molar refractivity (Wildman–Crippen MR) is 136 cm³/mol. The van der Waals surface area contributed by atoms with Crippen LogP contribution in [0.1, 0.15) is 34.1 Å². The number of aromatic nitrogens is 3. The Morgan fingerprint density at radius 1 is 1.05 bits per heavy atom. The van der Waals surface area contributed by atoms with Crippen molar-refractivity contribution >= 4 is 17.6 Å². The second-order valence-corrected chi connectivity index (χ2v) is 9.63. The molecule has 5 rings (SSSR count). The Hall–Kier alpha value is -3.79. The quantitative estimate of drug-likeness (QED) is 0.476. The molecule has 2 aliphatic heterocycles. The minimum absolute atomic E-state index is 0.0932. The summed E-state index contributed by atoms with van der Waals surface area (Å²) < 4.78 is 19.8. The Labute approximate surface area is 215 Å². The fourth-order valence-corrected chi connectivity index (χ4v) is 5.21. The first-order valence-corrected chi connectivity index (χ1v) is 12.5. The molecule has 37 heavy (non-hydrogen) atoms. The third-order valence-electron chi connectivity index (χ3n) is 7.36. The Kier molecular flexibility index (Phi) is 7.18. The maximum Gasteiger partial charge on any atom is 0.360 e. The fraction of sp³-hybridized carbons (Fsp3) is 0.407. The first-order valence-electron chi connectivity index (χ1n) is 12.5. The molecule has 0 unspecified atom stereocenters. The van der Waals surface area contributed by atoms with Crippen molar-refractivity contribution in [1.29, 1.82) is 0 Å². The van der Waals surface area contributed by atoms with Gasteiger partial charge in [-0.2, -0.15) is 0 Å². The smallest absolute Gasteiger partial charge is 0.360 e. The number of carbonyl (C=O) groups excluding carboxylic acids is 2. The zero-order valence-electron chi connectivity index (χ0n) is 21.1. The fourth-order valence-electron chi connectivity index (χ4n) is 5.21. The monoisotopic (exact) mass is 506 g/mol. The summed E-state index contributed by atoms with van der Waals surface area (Å²) in [4.78, 5) is 32.0. The molecule has 2 fully saturated rings. The summed E-state index contributed by atoms with van der Waals surface area (Å²) in [6.07, 6.45) is 2.17. The highest BCUT2D eigenvalue weighted by Gasteiger charge is 2.41. The molecule has 9 nitrogen and oxygen atoms in total. The van der Waals surface area contributed by atoms with Gasteiger partial charge in [0.25, 0.3) is 0 Å². The van der Waals surface area contributed by atoms with Crippen LogP contribution in [0.5, 0.6) is 0 Å². The van der Waals surface area contributed by atoms with Crippen molar-refractivity contribution in [2.24, 2.45) is 0 Å². The number of carbonyl (C=O) groups is 2. The van der Waals surface area contributed by atoms with Crippen LogP contribution in [0.4, 0.5) is 10.1 Å². The second-order valence-electron chi connectivity index (χ2n) is 9.63. The number of amides is 1. The molecule has 2 aromatic carbocycles. The van der Waals surface area contributed by atoms with E-state index in [2.05, 4.69) is 39.2 Å². The molecule has 2 aliphatic rings. The van der Waals surface area contributed by atoms with Gasteiger partial charge >= 0.3 is 5.97 Å². The average Bonchev–Trinajstić information content (AvgIpc) is 3.57. The van der Waals surface area contributed by atoms with Crippen LogP contribution in [0.2, 0.25) is 0 Å². The summed E-state index contributed by atoms with van der Waals surface area (Å²) in [7, 11) is 1.31. The van der Waals surface area contributed by atoms with E-state index in [0.717, 1.165) is 5.69 Å². The number of piperazine rings is 1. The third kappa shape index (κ3) is 5.34. The highest BCUT2D eigenvalue weighted by Crippen LogP contribution is 2.31. The number of likely N-dealkylation sites (tertiary alicyclic amines) is 1. The molecule has 10 heteroatoms. The van der Waals surface area contributed by atoms with Gasteiger partial charge in [0.1, 0.15) is 5.82 Å². The van der Waals surface area contributed by atoms with Gasteiger partial charge in [0.2, 0.25) is 5.91 Å². The molecule has 1 amide bonds. The molecule has 1 aromatic heterocycles. The van der Waals surface area contributed by atoms with E-state index in [-0.39, 0.29) is 29.5 Å². The summed E-state index contributed by atoms with van der Waals surface area (Å²) in [5.41, 5.74) is 3.47. The van der Waals surface area contributed by atoms with Gasteiger partial charge in [0.05, 0.1) is 25.4 Å². The number of ether oxygens (including phenoxy) is 1. The predicted octanol–water partition coefficient (Wildman–Crippen LogP) is 2.68. The van der Waals surface area contributed by atoms with Gasteiger partial charge in [-0.05, 0) is 48.7 Å². The summed E-state index contributed by atoms with van der Waals surface area (Å²) >= 11 is 0. The molecule has 0 spiro atoms. The number of methoxy groups -OCH3 is 1. The van der Waals surface area contributed by atoms with Gasteiger partial charge in [0, 0.05) is 45.0 Å². The Morgan fingerprint density at radius 2 is 1.78 bits per heavy atom. The van der Waals surface area contributed by atoms with E-state index in [4.69, 9.17) is 4.74 Å². The van der Waals surface area contributed by atoms with Gasteiger partial charge in [-0.25, -0.2) is 13.9 Å². The van der Waals surface area contributed by atoms with E-state index in [9.17, 15) is 14.0 Å². The normalized spacial score (nSPS) is 20.3. The molecule has 0 radical (unpaired) electrons. The number of halogens is 1. The Morgan fingerprint density at radius 3 is 2.49 bits per heavy atom. The van der Waals surface area contributed by atoms with Gasteiger partial charge in [0.15, 0.2) is 5.69 Å². The van der Waals surface area contributed by atoms with Crippen LogP contribution >= 0.6 is 0 Å². The number of esters is 1. The number of anilines is 1. The van der Waals surface area contributed by atoms with E-state index in [1.807, 2.05) is 17.0 Å². The van der Waals surface area contributed by atoms with Crippen LogP contribution < -0.4 is 4.90 Å². The van der Waals surface area contributed by atoms with E-state index in [1.54, 1.807) is 23.0 Å². The molecule has 2 saturated heterocycles. The molecule has 0 N–H and O–H groups in total. The summed E-state index contributed by atoms with van der Waals surface area (Å²) in [6.45, 7) is 5.93. The SMILES string of the molecule is COC(=O)c1cn([C@@H]2C[C@@H](C(=O)N3CCN(c4ccc(F)cc4)CC3)N(Cc3ccccc3C)C2)nn1. The maximum atomic E-state index is 13.8. The lowest BCUT2D eigenvalue weighted by molar-refractivity contribution is -0.136. The minimum Gasteiger partial charge on any atom is -0.464 e. The van der Waals surface area contributed by atoms with Crippen LogP contribution in [-0.4, -0.2) is 82.5 Å². The van der Waals surface area contributed by atoms with Crippen molar-refractivity contribution in [2.45, 2.75) is 32.0 Å². The van der Waals surface area contributed by atoms with Crippen molar-refractivity contribution < 1.29 is 18.7 Å². The molecular weight excluding hydrogens is 475 g/mol. The van der Waals surface area contributed by atoms with Crippen LogP contribution in [0.25, 0.3) is 0 Å². The van der Waals surface area contributed by atoms with Crippen molar-refractivity contribution in [3.63, 3.8) is 0 Å². The Bertz CT molecular complexity index is 1260. The molecule has 194 valence electrons. The van der Waals surface area contributed by atoms with E-state index in [0.29, 0.717) is 45.7 Å². The van der Waals surface area contributed by atoms with E-state index < -0.39 is 5.97 Å². The van der Waals surface area contributed by atoms with Crippen LogP contribution in [-0.2, 0) is 16.1 Å². The summed E-state index contributed by atoms with van der Waals surface area (Å²) in [5.74, 6) is -0.691. The second kappa shape index (κ2) is 10.7. The van der Waals surface area contributed by atoms with Gasteiger partial charge in [-0.3, -0.25) is 9.69 Å². The zero-order chi connectivity index (χ0) is 25.9. The Balaban J connectivity index is 1.31. The molecule has 2 atom stereocenters. The summed E-state index contributed by atoms with van der Waals surface area (Å²) in [6, 6.07) is 14.3. The number of benzene rings is 2. The van der Waals surface area contributed by atoms with Gasteiger partial charge in [-0.1, -0.05) is 29.5 Å². The minimum atomic E-state index is -0.535. The van der Waals surface area contributed by atoms with Crippen molar-refractivity contribution in [3.05, 3.63) is 77.4 Å². The molecule has 0 aliphatic carbocycles. The standard InChI is InChI=1S/C27H31FN6O3/c1-19-5-3-4-6-20(19)16-33-17-23(34-18-24(29-30-34)27(36)37-2)15-25(33)26(35)32-13-11-31(12-14-32)22-9-7-21(28)8-10-22/h3-10,18,23,25H,11-17H2,1-2H3/t23-,25+/m1/s1. The molecule has 0 bridgehead atoms. The highest BCUT2D eigenvalue weighted by molar-refractivity contribution is 5.86. The molecule has 0 saturated carbocycles. The lowest BCUT2D eigenvalue weighted by atomic mass is 10.1. The third-order valence-corrected chi connectivity index (χ3v) is 7.36. The molecular formula is C27H31FN6O3. The molecule has 3 aromatic rings. The van der Waals surface area contributed by atoms with Crippen LogP contribution in [0.3, 0.4) is 0 Å². The highest BCUT2D eigenvalue weighted by atomic mass is 19.1. The number of aryl methyl sites for hydroxylation is 1. The first kappa shape index (κ1) is 24.9. The van der Waals surface area contributed by atoms with E-state index in [1.165, 1.54) is 30.4 Å². The number of nitrogens with zero attached hydrogens (tertiary/aromatic N) is 6. The summed E-state index contributed by atoms with van der Waals surface area (Å²) in [5, 5.41) is 8.12. The van der Waals surface area contributed by atoms with Crippen molar-refractivity contribution in [2.75, 3.05) is 44.7 Å². The zero-order valence-corrected chi connectivity index (χ0v) is 21.1. The van der Waals surface area contributed by atoms with Crippen molar-refractivity contribution in [1.82, 2.24) is 24.8 Å². The topological polar surface area (TPSA) is 83.8 Å². The molecule has 3 heterocycles. The van der Waals surface area contributed by atoms with Gasteiger partial charge in [-0.15, -0.1) is 5.10 Å². The lowest BCUT2D eigenvalue weighted by Crippen LogP contribution is -2.53. The van der Waals surface area contributed by atoms with Crippen molar-refractivity contribution in [3.8, 4) is 0 Å². The maximum absolute atomic E-state index is 13.8. The lowest BCUT2D eigenvalue weighted by Gasteiger charge is -2.38. The number of rotatable bonds is 6. The van der Waals surface area contributed by atoms with Gasteiger partial charge < -0.3 is 14.5 Å². The van der Waals surface area contributed by atoms with Crippen LogP contribution in [0, 0.1) is 12.7 Å². The number of hydrogen-bond acceptors (Lipinski definition) is 7. The largest absolute Gasteiger partial charge is 0.464 e. The van der Waals surface area contributed by atoms with Crippen LogP contribution in [0.15, 0.2) is 54.7 Å². The van der Waals surface area contributed by atoms with E-state index >= 15 is 0 Å². The number of hydrogen-bond donors (Lipinski definition) is 0. The first-order chi connectivity index (χ1) is 17.9. The average molecular weight is 507 g/mol.